The monoisotopic (exact) mass is 778 g/mol. The van der Waals surface area contributed by atoms with Crippen molar-refractivity contribution in [2.75, 3.05) is 18.1 Å². The van der Waals surface area contributed by atoms with Crippen LogP contribution in [0.4, 0.5) is 0 Å². The Morgan fingerprint density at radius 3 is 1.86 bits per heavy atom. The van der Waals surface area contributed by atoms with Gasteiger partial charge in [0, 0.05) is 35.7 Å². The summed E-state index contributed by atoms with van der Waals surface area (Å²) in [6.07, 6.45) is 6.28. The second kappa shape index (κ2) is 17.0. The number of fused-ring (bicyclic) bond motifs is 2. The Morgan fingerprint density at radius 1 is 0.857 bits per heavy atom. The zero-order valence-corrected chi connectivity index (χ0v) is 33.8. The second-order valence-corrected chi connectivity index (χ2v) is 21.9. The van der Waals surface area contributed by atoms with Gasteiger partial charge in [-0.3, -0.25) is 4.57 Å². The molecule has 4 rings (SSSR count). The van der Waals surface area contributed by atoms with Crippen LogP contribution < -0.4 is 4.74 Å². The third-order valence-electron chi connectivity index (χ3n) is 9.05. The van der Waals surface area contributed by atoms with Crippen molar-refractivity contribution in [2.24, 2.45) is 0 Å². The minimum Gasteiger partial charge on any atom is -0.507 e. The summed E-state index contributed by atoms with van der Waals surface area (Å²) in [5.41, 5.74) is 10.6. The number of ether oxygens (including phenoxy) is 3. The number of phenols is 1. The van der Waals surface area contributed by atoms with Crippen LogP contribution in [0, 0.1) is 13.8 Å². The Morgan fingerprint density at radius 2 is 1.35 bits per heavy atom. The third-order valence-corrected chi connectivity index (χ3v) is 12.6. The van der Waals surface area contributed by atoms with E-state index in [9.17, 15) is 19.3 Å². The van der Waals surface area contributed by atoms with Crippen molar-refractivity contribution in [3.8, 4) is 11.5 Å². The van der Waals surface area contributed by atoms with Gasteiger partial charge in [-0.2, -0.15) is 0 Å². The first-order valence-electron chi connectivity index (χ1n) is 16.8. The van der Waals surface area contributed by atoms with Crippen molar-refractivity contribution in [2.45, 2.75) is 106 Å². The second-order valence-electron chi connectivity index (χ2n) is 14.0. The minimum absolute atomic E-state index is 0.0785. The van der Waals surface area contributed by atoms with E-state index in [0.717, 1.165) is 57.8 Å². The van der Waals surface area contributed by atoms with Crippen molar-refractivity contribution in [3.05, 3.63) is 78.9 Å². The van der Waals surface area contributed by atoms with Gasteiger partial charge >= 0.3 is 19.5 Å². The molecule has 0 bridgehead atoms. The largest absolute Gasteiger partial charge is 0.507 e. The molecule has 2 aliphatic heterocycles. The molecular formula is C37H52BrO9PSi. The van der Waals surface area contributed by atoms with E-state index in [4.69, 9.17) is 24.0 Å². The van der Waals surface area contributed by atoms with E-state index < -0.39 is 21.6 Å². The summed E-state index contributed by atoms with van der Waals surface area (Å²) in [4.78, 5) is 42.3. The van der Waals surface area contributed by atoms with Crippen LogP contribution in [0.1, 0.15) is 92.9 Å². The van der Waals surface area contributed by atoms with Gasteiger partial charge in [-0.05, 0) is 81.7 Å². The van der Waals surface area contributed by atoms with Gasteiger partial charge in [-0.15, -0.1) is 0 Å². The average Bonchev–Trinajstić information content (AvgIpc) is 3.60. The van der Waals surface area contributed by atoms with E-state index in [1.807, 2.05) is 13.8 Å². The van der Waals surface area contributed by atoms with Crippen LogP contribution in [0.5, 0.6) is 11.5 Å². The molecule has 12 heteroatoms. The number of alkyl halides is 1. The number of benzene rings is 2. The van der Waals surface area contributed by atoms with Crippen LogP contribution in [0.3, 0.4) is 0 Å². The molecule has 2 aromatic rings. The highest BCUT2D eigenvalue weighted by atomic mass is 79.9. The molecule has 0 unspecified atom stereocenters. The van der Waals surface area contributed by atoms with Crippen LogP contribution in [0.15, 0.2) is 23.3 Å². The number of rotatable bonds is 13. The van der Waals surface area contributed by atoms with Gasteiger partial charge in [0.2, 0.25) is 0 Å². The molecule has 9 nitrogen and oxygen atoms in total. The number of allylic oxidation sites excluding steroid dienone is 4. The molecule has 0 fully saturated rings. The van der Waals surface area contributed by atoms with Gasteiger partial charge in [0.15, 0.2) is 0 Å². The smallest absolute Gasteiger partial charge is 0.342 e. The van der Waals surface area contributed by atoms with Gasteiger partial charge < -0.3 is 29.1 Å². The Hall–Kier alpha value is -2.69. The number of carbonyl (C=O) groups is 2. The highest BCUT2D eigenvalue weighted by Crippen LogP contribution is 2.41. The lowest BCUT2D eigenvalue weighted by Gasteiger charge is -2.22. The van der Waals surface area contributed by atoms with E-state index in [0.29, 0.717) is 42.8 Å². The maximum Gasteiger partial charge on any atom is 0.342 e. The molecule has 0 aromatic heterocycles. The molecule has 49 heavy (non-hydrogen) atoms. The quantitative estimate of drug-likeness (QED) is 0.0601. The number of carbonyl (C=O) groups excluding carboxylic acids is 2. The molecule has 3 N–H and O–H groups in total. The summed E-state index contributed by atoms with van der Waals surface area (Å²) in [6.45, 7) is 20.1. The predicted molar refractivity (Wildman–Crippen MR) is 200 cm³/mol. The Labute approximate surface area is 300 Å². The number of phenolic OH excluding ortho intramolecular Hbond substituents is 1. The number of aromatic hydroxyl groups is 1. The molecule has 270 valence electrons. The first kappa shape index (κ1) is 40.7. The van der Waals surface area contributed by atoms with E-state index in [-0.39, 0.29) is 30.1 Å². The summed E-state index contributed by atoms with van der Waals surface area (Å²) >= 11 is 3.51. The number of halogens is 1. The van der Waals surface area contributed by atoms with E-state index in [2.05, 4.69) is 62.4 Å². The molecule has 0 spiro atoms. The summed E-state index contributed by atoms with van der Waals surface area (Å²) in [7, 11) is -5.32. The van der Waals surface area contributed by atoms with Crippen LogP contribution in [0.2, 0.25) is 25.7 Å². The highest BCUT2D eigenvalue weighted by molar-refractivity contribution is 9.09. The standard InChI is InChI=1S/C21H31BrO3Si.C16H21O6P/c1-7-16-15(3)18-13-25-21(23)19(18)20(24-10-11-26(4,5)6)17(16)9-8-14(2)12-22;1-4-11-10(3)13-7-22-16(18)14(13)15(17)12(11)6-5-9(2)8-23(19,20)21/h8H,7,9-13H2,1-6H3;5,17H,4,6-8H2,1-3H3,(H2,19,20,21)/b14-8+;9-5+. The third kappa shape index (κ3) is 10.2. The molecule has 0 amide bonds. The normalized spacial score (nSPS) is 14.6. The Bertz CT molecular complexity index is 1700. The van der Waals surface area contributed by atoms with Crippen molar-refractivity contribution < 1.29 is 43.3 Å². The van der Waals surface area contributed by atoms with Gasteiger partial charge in [-0.25, -0.2) is 9.59 Å². The van der Waals surface area contributed by atoms with Crippen LogP contribution in [-0.4, -0.2) is 53.0 Å². The van der Waals surface area contributed by atoms with Crippen molar-refractivity contribution in [1.82, 2.24) is 0 Å². The fourth-order valence-electron chi connectivity index (χ4n) is 6.28. The zero-order valence-electron chi connectivity index (χ0n) is 30.3. The average molecular weight is 780 g/mol. The van der Waals surface area contributed by atoms with E-state index in [1.165, 1.54) is 16.7 Å². The van der Waals surface area contributed by atoms with Crippen molar-refractivity contribution in [1.29, 1.82) is 0 Å². The molecule has 0 saturated carbocycles. The fourth-order valence-corrected chi connectivity index (χ4v) is 8.00. The molecule has 2 aliphatic rings. The van der Waals surface area contributed by atoms with E-state index in [1.54, 1.807) is 13.0 Å². The van der Waals surface area contributed by atoms with E-state index >= 15 is 0 Å². The van der Waals surface area contributed by atoms with Crippen LogP contribution in [-0.2, 0) is 52.9 Å². The van der Waals surface area contributed by atoms with Crippen molar-refractivity contribution >= 4 is 43.5 Å². The minimum atomic E-state index is -4.11. The fraction of sp³-hybridized carbons (Fsp3) is 0.514. The lowest BCUT2D eigenvalue weighted by Crippen LogP contribution is -2.23. The van der Waals surface area contributed by atoms with Gasteiger partial charge in [-0.1, -0.05) is 72.7 Å². The highest BCUT2D eigenvalue weighted by Gasteiger charge is 2.33. The summed E-state index contributed by atoms with van der Waals surface area (Å²) in [5.74, 6) is -0.0800. The predicted octanol–water partition coefficient (Wildman–Crippen LogP) is 8.43. The number of esters is 2. The molecule has 0 aliphatic carbocycles. The lowest BCUT2D eigenvalue weighted by atomic mass is 9.89. The number of hydrogen-bond acceptors (Lipinski definition) is 7. The first-order valence-corrected chi connectivity index (χ1v) is 23.4. The molecule has 2 aromatic carbocycles. The first-order chi connectivity index (χ1) is 22.8. The lowest BCUT2D eigenvalue weighted by molar-refractivity contribution is 0.0523. The van der Waals surface area contributed by atoms with Gasteiger partial charge in [0.25, 0.3) is 0 Å². The van der Waals surface area contributed by atoms with Crippen molar-refractivity contribution in [3.63, 3.8) is 0 Å². The topological polar surface area (TPSA) is 140 Å². The molecule has 0 atom stereocenters. The van der Waals surface area contributed by atoms with Gasteiger partial charge in [0.05, 0.1) is 12.8 Å². The Kier molecular flexibility index (Phi) is 14.1. The Balaban J connectivity index is 0.000000267. The SMILES string of the molecule is CCc1c(C)c2c(c(O)c1C/C=C(\C)CP(=O)(O)O)C(=O)OC2.CCc1c(C)c2c(c(OCC[Si](C)(C)C)c1C/C=C(\C)CBr)C(=O)OC2. The molecule has 0 radical (unpaired) electrons. The molecule has 2 heterocycles. The summed E-state index contributed by atoms with van der Waals surface area (Å²) in [5, 5.41) is 11.3. The van der Waals surface area contributed by atoms with Crippen LogP contribution >= 0.6 is 23.5 Å². The molecule has 0 saturated heterocycles. The number of cyclic esters (lactones) is 2. The summed E-state index contributed by atoms with van der Waals surface area (Å²) < 4.78 is 27.7. The van der Waals surface area contributed by atoms with Crippen LogP contribution in [0.25, 0.3) is 0 Å². The summed E-state index contributed by atoms with van der Waals surface area (Å²) in [6, 6.07) is 1.07. The zero-order chi connectivity index (χ0) is 36.8. The maximum absolute atomic E-state index is 12.4. The maximum atomic E-state index is 12.4. The molecular weight excluding hydrogens is 727 g/mol. The van der Waals surface area contributed by atoms with Gasteiger partial charge in [0.1, 0.15) is 35.8 Å². The number of hydrogen-bond donors (Lipinski definition) is 3.